The van der Waals surface area contributed by atoms with Gasteiger partial charge in [-0.25, -0.2) is 13.6 Å². The lowest BCUT2D eigenvalue weighted by atomic mass is 10.0. The van der Waals surface area contributed by atoms with Gasteiger partial charge < -0.3 is 24.8 Å². The first-order valence-corrected chi connectivity index (χ1v) is 16.1. The molecule has 0 aliphatic carbocycles. The average molecular weight is 643 g/mol. The van der Waals surface area contributed by atoms with Gasteiger partial charge in [0, 0.05) is 74.3 Å². The number of hydrogen-bond donors (Lipinski definition) is 2. The Hall–Kier alpha value is -4.71. The maximum absolute atomic E-state index is 13.8. The summed E-state index contributed by atoms with van der Waals surface area (Å²) in [5.41, 5.74) is 3.93. The third-order valence-electron chi connectivity index (χ3n) is 8.84. The molecule has 12 heteroatoms. The van der Waals surface area contributed by atoms with Crippen molar-refractivity contribution < 1.29 is 18.3 Å². The fourth-order valence-electron chi connectivity index (χ4n) is 6.39. The van der Waals surface area contributed by atoms with Gasteiger partial charge in [-0.3, -0.25) is 9.78 Å². The van der Waals surface area contributed by atoms with Gasteiger partial charge in [0.15, 0.2) is 11.6 Å². The normalized spacial score (nSPS) is 16.2. The number of anilines is 3. The predicted molar refractivity (Wildman–Crippen MR) is 179 cm³/mol. The molecule has 2 fully saturated rings. The van der Waals surface area contributed by atoms with E-state index in [1.165, 1.54) is 12.1 Å². The lowest BCUT2D eigenvalue weighted by Gasteiger charge is -2.39. The smallest absolute Gasteiger partial charge is 0.410 e. The van der Waals surface area contributed by atoms with E-state index in [4.69, 9.17) is 9.84 Å². The average Bonchev–Trinajstić information content (AvgIpc) is 3.54. The molecular weight excluding hydrogens is 602 g/mol. The Morgan fingerprint density at radius 3 is 2.40 bits per heavy atom. The lowest BCUT2D eigenvalue weighted by Crippen LogP contribution is -2.52. The van der Waals surface area contributed by atoms with Crippen molar-refractivity contribution >= 4 is 45.2 Å². The molecular formula is C35H40F2N8O2. The molecule has 2 aliphatic heterocycles. The molecule has 0 radical (unpaired) electrons. The molecule has 246 valence electrons. The molecule has 2 aliphatic rings. The van der Waals surface area contributed by atoms with E-state index >= 15 is 0 Å². The van der Waals surface area contributed by atoms with Crippen LogP contribution in [0.1, 0.15) is 31.9 Å². The van der Waals surface area contributed by atoms with E-state index in [-0.39, 0.29) is 12.0 Å². The molecule has 47 heavy (non-hydrogen) atoms. The highest BCUT2D eigenvalue weighted by Crippen LogP contribution is 2.33. The number of ether oxygens (including phenoxy) is 1. The molecule has 5 aromatic rings. The van der Waals surface area contributed by atoms with Crippen LogP contribution in [0.25, 0.3) is 21.8 Å². The quantitative estimate of drug-likeness (QED) is 0.220. The summed E-state index contributed by atoms with van der Waals surface area (Å²) >= 11 is 0. The number of rotatable bonds is 7. The summed E-state index contributed by atoms with van der Waals surface area (Å²) in [6.07, 6.45) is 0.0925. The summed E-state index contributed by atoms with van der Waals surface area (Å²) in [6.45, 7) is 11.4. The third kappa shape index (κ3) is 6.73. The molecule has 0 atom stereocenters. The van der Waals surface area contributed by atoms with Crippen LogP contribution in [0.4, 0.5) is 30.9 Å². The van der Waals surface area contributed by atoms with Crippen molar-refractivity contribution in [2.75, 3.05) is 56.5 Å². The summed E-state index contributed by atoms with van der Waals surface area (Å²) in [5, 5.41) is 18.0. The number of nitrogens with one attached hydrogen (secondary N) is 2. The second kappa shape index (κ2) is 12.1. The highest BCUT2D eigenvalue weighted by Gasteiger charge is 2.34. The SMILES string of the molecule is CN1CCN(c2ccc3c(Nc4n[nH]c5ccc(Cc6cc(F)cc(F)c6)cc45)nn(CC4CN(C(=O)OC(C)(C)C)C4)c3c2)CC1. The molecule has 10 nitrogen and oxygen atoms in total. The summed E-state index contributed by atoms with van der Waals surface area (Å²) in [5.74, 6) is 0.349. The zero-order valence-electron chi connectivity index (χ0n) is 27.2. The standard InChI is InChI=1S/C35H40F2N8O2/c1-35(2,3)47-34(46)44-19-24(20-44)21-45-31-18-27(43-11-9-42(4)10-12-43)6-7-28(31)33(41-45)38-32-29-16-22(5-8-30(29)39-40-32)13-23-14-25(36)17-26(37)15-23/h5-8,14-18,24H,9-13,19-21H2,1-4H3,(H2,38,39,40,41). The Bertz CT molecular complexity index is 1910. The predicted octanol–water partition coefficient (Wildman–Crippen LogP) is 6.14. The Labute approximate surface area is 272 Å². The van der Waals surface area contributed by atoms with Crippen LogP contribution in [-0.4, -0.2) is 87.8 Å². The monoisotopic (exact) mass is 642 g/mol. The molecule has 1 amide bonds. The number of likely N-dealkylation sites (N-methyl/N-ethyl adjacent to an activating group) is 1. The number of fused-ring (bicyclic) bond motifs is 2. The first-order valence-electron chi connectivity index (χ1n) is 16.1. The van der Waals surface area contributed by atoms with Gasteiger partial charge in [0.2, 0.25) is 0 Å². The van der Waals surface area contributed by atoms with Crippen LogP contribution in [0.3, 0.4) is 0 Å². The van der Waals surface area contributed by atoms with E-state index in [0.717, 1.165) is 65.3 Å². The largest absolute Gasteiger partial charge is 0.444 e. The Morgan fingerprint density at radius 1 is 0.936 bits per heavy atom. The van der Waals surface area contributed by atoms with Crippen molar-refractivity contribution in [2.45, 2.75) is 39.3 Å². The molecule has 7 rings (SSSR count). The highest BCUT2D eigenvalue weighted by atomic mass is 19.1. The van der Waals surface area contributed by atoms with E-state index in [0.29, 0.717) is 43.3 Å². The van der Waals surface area contributed by atoms with E-state index in [9.17, 15) is 13.6 Å². The number of benzene rings is 3. The van der Waals surface area contributed by atoms with Crippen LogP contribution in [0, 0.1) is 17.6 Å². The maximum Gasteiger partial charge on any atom is 0.410 e. The van der Waals surface area contributed by atoms with Crippen LogP contribution in [0.15, 0.2) is 54.6 Å². The number of piperazine rings is 1. The molecule has 3 aromatic carbocycles. The topological polar surface area (TPSA) is 94.5 Å². The van der Waals surface area contributed by atoms with Crippen molar-refractivity contribution in [1.29, 1.82) is 0 Å². The van der Waals surface area contributed by atoms with Crippen molar-refractivity contribution in [3.05, 3.63) is 77.4 Å². The molecule has 0 bridgehead atoms. The van der Waals surface area contributed by atoms with Gasteiger partial charge in [-0.05, 0) is 87.8 Å². The second-order valence-corrected chi connectivity index (χ2v) is 13.8. The van der Waals surface area contributed by atoms with Crippen LogP contribution < -0.4 is 10.2 Å². The third-order valence-corrected chi connectivity index (χ3v) is 8.84. The molecule has 0 unspecified atom stereocenters. The molecule has 0 spiro atoms. The summed E-state index contributed by atoms with van der Waals surface area (Å²) < 4.78 is 35.3. The summed E-state index contributed by atoms with van der Waals surface area (Å²) in [4.78, 5) is 19.0. The zero-order valence-corrected chi connectivity index (χ0v) is 27.2. The van der Waals surface area contributed by atoms with Crippen molar-refractivity contribution in [3.63, 3.8) is 0 Å². The van der Waals surface area contributed by atoms with Gasteiger partial charge in [0.05, 0.1) is 11.0 Å². The zero-order chi connectivity index (χ0) is 32.9. The van der Waals surface area contributed by atoms with Crippen LogP contribution >= 0.6 is 0 Å². The number of halogens is 2. The second-order valence-electron chi connectivity index (χ2n) is 13.8. The molecule has 2 saturated heterocycles. The minimum atomic E-state index is -0.593. The Kier molecular flexibility index (Phi) is 7.99. The van der Waals surface area contributed by atoms with Crippen molar-refractivity contribution in [1.82, 2.24) is 29.8 Å². The molecule has 0 saturated carbocycles. The minimum Gasteiger partial charge on any atom is -0.444 e. The van der Waals surface area contributed by atoms with Gasteiger partial charge in [0.1, 0.15) is 17.2 Å². The van der Waals surface area contributed by atoms with Gasteiger partial charge in [-0.1, -0.05) is 6.07 Å². The summed E-state index contributed by atoms with van der Waals surface area (Å²) in [7, 11) is 2.15. The number of H-pyrrole nitrogens is 1. The fourth-order valence-corrected chi connectivity index (χ4v) is 6.39. The molecule has 4 heterocycles. The number of aromatic nitrogens is 4. The van der Waals surface area contributed by atoms with Crippen LogP contribution in [-0.2, 0) is 17.7 Å². The molecule has 2 N–H and O–H groups in total. The fraction of sp³-hybridized carbons (Fsp3) is 0.400. The Morgan fingerprint density at radius 2 is 1.68 bits per heavy atom. The van der Waals surface area contributed by atoms with E-state index in [1.54, 1.807) is 4.90 Å². The van der Waals surface area contributed by atoms with Crippen molar-refractivity contribution in [2.24, 2.45) is 5.92 Å². The van der Waals surface area contributed by atoms with Crippen molar-refractivity contribution in [3.8, 4) is 0 Å². The van der Waals surface area contributed by atoms with Gasteiger partial charge in [-0.15, -0.1) is 0 Å². The first-order chi connectivity index (χ1) is 22.5. The van der Waals surface area contributed by atoms with Gasteiger partial charge in [-0.2, -0.15) is 10.2 Å². The number of nitrogens with zero attached hydrogens (tertiary/aromatic N) is 6. The Balaban J connectivity index is 1.16. The first kappa shape index (κ1) is 30.9. The van der Waals surface area contributed by atoms with E-state index in [1.807, 2.05) is 43.7 Å². The lowest BCUT2D eigenvalue weighted by molar-refractivity contribution is -0.00363. The number of carbonyl (C=O) groups excluding carboxylic acids is 1. The number of amides is 1. The van der Waals surface area contributed by atoms with Crippen LogP contribution in [0.5, 0.6) is 0 Å². The highest BCUT2D eigenvalue weighted by molar-refractivity contribution is 5.98. The maximum atomic E-state index is 13.8. The molecule has 2 aromatic heterocycles. The minimum absolute atomic E-state index is 0.243. The van der Waals surface area contributed by atoms with E-state index < -0.39 is 17.2 Å². The van der Waals surface area contributed by atoms with E-state index in [2.05, 4.69) is 50.6 Å². The number of likely N-dealkylation sites (tertiary alicyclic amines) is 1. The summed E-state index contributed by atoms with van der Waals surface area (Å²) in [6, 6.07) is 15.9. The number of carbonyl (C=O) groups is 1. The number of aromatic amines is 1. The number of hydrogen-bond acceptors (Lipinski definition) is 7. The van der Waals surface area contributed by atoms with Gasteiger partial charge in [0.25, 0.3) is 0 Å². The van der Waals surface area contributed by atoms with Gasteiger partial charge >= 0.3 is 6.09 Å². The van der Waals surface area contributed by atoms with Crippen LogP contribution in [0.2, 0.25) is 0 Å².